The highest BCUT2D eigenvalue weighted by atomic mass is 32.2. The minimum absolute atomic E-state index is 0.00712. The minimum atomic E-state index is -3.44. The van der Waals surface area contributed by atoms with Crippen LogP contribution in [0.4, 0.5) is 0 Å². The van der Waals surface area contributed by atoms with Gasteiger partial charge in [-0.05, 0) is 36.1 Å². The van der Waals surface area contributed by atoms with E-state index in [1.165, 1.54) is 6.33 Å². The predicted molar refractivity (Wildman–Crippen MR) is 131 cm³/mol. The van der Waals surface area contributed by atoms with E-state index in [-0.39, 0.29) is 30.4 Å². The number of aromatic nitrogens is 2. The normalized spacial score (nSPS) is 24.0. The summed E-state index contributed by atoms with van der Waals surface area (Å²) in [6, 6.07) is 17.7. The Morgan fingerprint density at radius 3 is 2.32 bits per heavy atom. The van der Waals surface area contributed by atoms with Crippen molar-refractivity contribution in [1.29, 1.82) is 0 Å². The van der Waals surface area contributed by atoms with Gasteiger partial charge in [-0.15, -0.1) is 0 Å². The zero-order chi connectivity index (χ0) is 23.5. The molecule has 7 nitrogen and oxygen atoms in total. The van der Waals surface area contributed by atoms with Gasteiger partial charge >= 0.3 is 0 Å². The van der Waals surface area contributed by atoms with Crippen molar-refractivity contribution in [3.05, 3.63) is 84.4 Å². The molecule has 0 aliphatic carbocycles. The number of aliphatic hydroxyl groups is 1. The zero-order valence-electron chi connectivity index (χ0n) is 19.1. The fraction of sp³-hybridized carbons (Fsp3) is 0.385. The molecule has 2 fully saturated rings. The summed E-state index contributed by atoms with van der Waals surface area (Å²) in [7, 11) is -3.44. The molecule has 0 bridgehead atoms. The van der Waals surface area contributed by atoms with E-state index in [4.69, 9.17) is 0 Å². The number of sulfonamides is 1. The number of aliphatic hydroxyl groups excluding tert-OH is 1. The fourth-order valence-electron chi connectivity index (χ4n) is 5.38. The molecule has 3 aromatic rings. The van der Waals surface area contributed by atoms with E-state index < -0.39 is 10.0 Å². The average Bonchev–Trinajstić information content (AvgIpc) is 2.84. The van der Waals surface area contributed by atoms with E-state index in [0.29, 0.717) is 13.1 Å². The number of hydrogen-bond donors (Lipinski definition) is 1. The van der Waals surface area contributed by atoms with Crippen molar-refractivity contribution in [2.75, 3.05) is 26.2 Å². The van der Waals surface area contributed by atoms with Crippen LogP contribution in [0.3, 0.4) is 0 Å². The Kier molecular flexibility index (Phi) is 6.74. The van der Waals surface area contributed by atoms with Crippen molar-refractivity contribution in [3.8, 4) is 11.1 Å². The predicted octanol–water partition coefficient (Wildman–Crippen LogP) is 2.90. The van der Waals surface area contributed by atoms with E-state index in [2.05, 4.69) is 39.1 Å². The van der Waals surface area contributed by atoms with E-state index in [9.17, 15) is 13.5 Å². The summed E-state index contributed by atoms with van der Waals surface area (Å²) >= 11 is 0. The third-order valence-electron chi connectivity index (χ3n) is 7.11. The molecule has 0 amide bonds. The molecule has 8 heteroatoms. The van der Waals surface area contributed by atoms with Crippen LogP contribution in [0, 0.1) is 0 Å². The molecule has 0 unspecified atom stereocenters. The lowest BCUT2D eigenvalue weighted by Crippen LogP contribution is -2.67. The maximum Gasteiger partial charge on any atom is 0.218 e. The fourth-order valence-corrected chi connectivity index (χ4v) is 6.97. The molecule has 1 N–H and O–H groups in total. The van der Waals surface area contributed by atoms with Crippen molar-refractivity contribution in [1.82, 2.24) is 19.2 Å². The van der Waals surface area contributed by atoms with Crippen LogP contribution in [0.15, 0.2) is 73.3 Å². The van der Waals surface area contributed by atoms with Crippen molar-refractivity contribution in [2.45, 2.75) is 36.6 Å². The highest BCUT2D eigenvalue weighted by molar-refractivity contribution is 7.88. The molecule has 0 spiro atoms. The summed E-state index contributed by atoms with van der Waals surface area (Å²) < 4.78 is 28.4. The molecule has 2 aliphatic rings. The maximum absolute atomic E-state index is 13.3. The Labute approximate surface area is 201 Å². The lowest BCUT2D eigenvalue weighted by molar-refractivity contribution is -0.0554. The maximum atomic E-state index is 13.3. The van der Waals surface area contributed by atoms with Crippen LogP contribution in [0.5, 0.6) is 0 Å². The molecule has 34 heavy (non-hydrogen) atoms. The standard InChI is InChI=1S/C26H30N4O3S/c31-17-25-26(22-10-8-21(9-11-22)23-14-27-19-28-15-23)24-16-29(12-4-5-13-30(24)25)34(32,33)18-20-6-2-1-3-7-20/h1-3,6-11,14-15,19,24-26,31H,4-5,12-13,16-18H2/t24-,25+,26+/m0/s1. The van der Waals surface area contributed by atoms with Crippen LogP contribution in [0.25, 0.3) is 11.1 Å². The van der Waals surface area contributed by atoms with Gasteiger partial charge in [-0.2, -0.15) is 0 Å². The van der Waals surface area contributed by atoms with E-state index in [1.807, 2.05) is 30.3 Å². The van der Waals surface area contributed by atoms with Gasteiger partial charge in [0.2, 0.25) is 10.0 Å². The first kappa shape index (κ1) is 23.1. The van der Waals surface area contributed by atoms with Gasteiger partial charge in [-0.3, -0.25) is 4.90 Å². The van der Waals surface area contributed by atoms with Crippen molar-refractivity contribution in [2.24, 2.45) is 0 Å². The van der Waals surface area contributed by atoms with Crippen LogP contribution in [0.2, 0.25) is 0 Å². The highest BCUT2D eigenvalue weighted by Crippen LogP contribution is 2.42. The topological polar surface area (TPSA) is 86.6 Å². The Morgan fingerprint density at radius 1 is 0.912 bits per heavy atom. The van der Waals surface area contributed by atoms with Crippen molar-refractivity contribution >= 4 is 10.0 Å². The first-order chi connectivity index (χ1) is 16.6. The summed E-state index contributed by atoms with van der Waals surface area (Å²) in [4.78, 5) is 10.5. The van der Waals surface area contributed by atoms with Gasteiger partial charge in [0.1, 0.15) is 6.33 Å². The number of nitrogens with zero attached hydrogens (tertiary/aromatic N) is 4. The monoisotopic (exact) mass is 478 g/mol. The van der Waals surface area contributed by atoms with E-state index >= 15 is 0 Å². The molecular formula is C26H30N4O3S. The number of fused-ring (bicyclic) bond motifs is 1. The Balaban J connectivity index is 1.38. The van der Waals surface area contributed by atoms with Crippen LogP contribution >= 0.6 is 0 Å². The molecule has 1 aromatic heterocycles. The molecule has 2 aromatic carbocycles. The molecule has 3 heterocycles. The summed E-state index contributed by atoms with van der Waals surface area (Å²) in [5.74, 6) is 0.0984. The van der Waals surface area contributed by atoms with Crippen LogP contribution < -0.4 is 0 Å². The van der Waals surface area contributed by atoms with Gasteiger partial charge in [0, 0.05) is 49.0 Å². The number of rotatable bonds is 6. The molecule has 0 radical (unpaired) electrons. The first-order valence-corrected chi connectivity index (χ1v) is 13.4. The Hall–Kier alpha value is -2.65. The first-order valence-electron chi connectivity index (χ1n) is 11.8. The van der Waals surface area contributed by atoms with Crippen LogP contribution in [-0.2, 0) is 15.8 Å². The van der Waals surface area contributed by atoms with E-state index in [1.54, 1.807) is 16.7 Å². The van der Waals surface area contributed by atoms with Gasteiger partial charge in [0.15, 0.2) is 0 Å². The molecule has 2 aliphatic heterocycles. The summed E-state index contributed by atoms with van der Waals surface area (Å²) in [5, 5.41) is 10.2. The largest absolute Gasteiger partial charge is 0.395 e. The summed E-state index contributed by atoms with van der Waals surface area (Å²) in [6.45, 7) is 1.94. The third-order valence-corrected chi connectivity index (χ3v) is 8.92. The lowest BCUT2D eigenvalue weighted by Gasteiger charge is -2.57. The van der Waals surface area contributed by atoms with Gasteiger partial charge in [-0.1, -0.05) is 54.6 Å². The van der Waals surface area contributed by atoms with Gasteiger partial charge < -0.3 is 5.11 Å². The van der Waals surface area contributed by atoms with Crippen molar-refractivity contribution < 1.29 is 13.5 Å². The van der Waals surface area contributed by atoms with Crippen molar-refractivity contribution in [3.63, 3.8) is 0 Å². The molecule has 3 atom stereocenters. The second-order valence-electron chi connectivity index (χ2n) is 9.14. The molecule has 0 saturated carbocycles. The van der Waals surface area contributed by atoms with Gasteiger partial charge in [0.05, 0.1) is 12.4 Å². The van der Waals surface area contributed by atoms with E-state index in [0.717, 1.165) is 41.6 Å². The summed E-state index contributed by atoms with van der Waals surface area (Å²) in [6.07, 6.45) is 6.83. The minimum Gasteiger partial charge on any atom is -0.395 e. The van der Waals surface area contributed by atoms with Gasteiger partial charge in [-0.25, -0.2) is 22.7 Å². The third kappa shape index (κ3) is 4.63. The second kappa shape index (κ2) is 9.92. The Bertz CT molecular complexity index is 1190. The molecular weight excluding hydrogens is 448 g/mol. The molecule has 178 valence electrons. The number of benzene rings is 2. The SMILES string of the molecule is O=S(=O)(Cc1ccccc1)N1CCCCN2[C@H](CO)[C@H](c3ccc(-c4cncnc4)cc3)[C@@H]2C1. The highest BCUT2D eigenvalue weighted by Gasteiger charge is 2.50. The second-order valence-corrected chi connectivity index (χ2v) is 11.1. The quantitative estimate of drug-likeness (QED) is 0.586. The number of hydrogen-bond acceptors (Lipinski definition) is 6. The molecule has 5 rings (SSSR count). The van der Waals surface area contributed by atoms with Gasteiger partial charge in [0.25, 0.3) is 0 Å². The lowest BCUT2D eigenvalue weighted by atomic mass is 9.74. The van der Waals surface area contributed by atoms with Crippen LogP contribution in [-0.4, -0.2) is 71.0 Å². The average molecular weight is 479 g/mol. The van der Waals surface area contributed by atoms with Crippen LogP contribution in [0.1, 0.15) is 29.9 Å². The summed E-state index contributed by atoms with van der Waals surface area (Å²) in [5.41, 5.74) is 3.92. The molecule has 2 saturated heterocycles. The zero-order valence-corrected chi connectivity index (χ0v) is 19.9. The Morgan fingerprint density at radius 2 is 1.62 bits per heavy atom. The smallest absolute Gasteiger partial charge is 0.218 e.